The van der Waals surface area contributed by atoms with Crippen LogP contribution in [0.2, 0.25) is 0 Å². The molecule has 2 rings (SSSR count). The fourth-order valence-electron chi connectivity index (χ4n) is 2.79. The minimum Gasteiger partial charge on any atom is -0.461 e. The molecular formula is C20H21NO5. The van der Waals surface area contributed by atoms with E-state index in [-0.39, 0.29) is 18.8 Å². The molecule has 0 aliphatic rings. The number of hydrogen-bond donors (Lipinski definition) is 0. The van der Waals surface area contributed by atoms with E-state index in [0.717, 1.165) is 5.56 Å². The van der Waals surface area contributed by atoms with Gasteiger partial charge in [-0.1, -0.05) is 60.2 Å². The van der Waals surface area contributed by atoms with Crippen molar-refractivity contribution in [2.24, 2.45) is 0 Å². The Balaban J connectivity index is 2.40. The largest absolute Gasteiger partial charge is 0.461 e. The molecular weight excluding hydrogens is 334 g/mol. The van der Waals surface area contributed by atoms with Crippen molar-refractivity contribution >= 4 is 11.8 Å². The molecule has 0 saturated heterocycles. The average Bonchev–Trinajstić information content (AvgIpc) is 2.62. The first-order valence-electron chi connectivity index (χ1n) is 8.39. The molecule has 0 unspecified atom stereocenters. The summed E-state index contributed by atoms with van der Waals surface area (Å²) in [5, 5.41) is 11.6. The fourth-order valence-corrected chi connectivity index (χ4v) is 2.79. The lowest BCUT2D eigenvalue weighted by Gasteiger charge is -2.20. The summed E-state index contributed by atoms with van der Waals surface area (Å²) in [4.78, 5) is 35.8. The van der Waals surface area contributed by atoms with Gasteiger partial charge in [0.1, 0.15) is 0 Å². The zero-order chi connectivity index (χ0) is 19.1. The van der Waals surface area contributed by atoms with Crippen LogP contribution in [0.5, 0.6) is 0 Å². The highest BCUT2D eigenvalue weighted by molar-refractivity contribution is 5.97. The van der Waals surface area contributed by atoms with Crippen LogP contribution in [0.3, 0.4) is 0 Å². The molecule has 0 spiro atoms. The van der Waals surface area contributed by atoms with Crippen molar-refractivity contribution in [3.05, 3.63) is 81.4 Å². The second kappa shape index (κ2) is 8.89. The van der Waals surface area contributed by atoms with E-state index in [2.05, 4.69) is 0 Å². The third-order valence-electron chi connectivity index (χ3n) is 4.14. The van der Waals surface area contributed by atoms with Gasteiger partial charge in [0.15, 0.2) is 5.78 Å². The van der Waals surface area contributed by atoms with Crippen LogP contribution in [0.1, 0.15) is 40.7 Å². The van der Waals surface area contributed by atoms with Gasteiger partial charge in [-0.2, -0.15) is 0 Å². The number of hydrogen-bond acceptors (Lipinski definition) is 5. The molecule has 0 aromatic heterocycles. The summed E-state index contributed by atoms with van der Waals surface area (Å²) in [6.45, 7) is 3.52. The molecule has 0 aliphatic carbocycles. The fraction of sp³-hybridized carbons (Fsp3) is 0.300. The summed E-state index contributed by atoms with van der Waals surface area (Å²) in [6.07, 6.45) is -0.155. The molecule has 2 atom stereocenters. The van der Waals surface area contributed by atoms with E-state index in [0.29, 0.717) is 11.1 Å². The van der Waals surface area contributed by atoms with Gasteiger partial charge < -0.3 is 4.74 Å². The van der Waals surface area contributed by atoms with E-state index in [4.69, 9.17) is 4.74 Å². The zero-order valence-corrected chi connectivity index (χ0v) is 14.8. The summed E-state index contributed by atoms with van der Waals surface area (Å²) >= 11 is 0. The summed E-state index contributed by atoms with van der Waals surface area (Å²) in [5.74, 6) is -2.09. The molecule has 6 nitrogen and oxygen atoms in total. The highest BCUT2D eigenvalue weighted by Gasteiger charge is 2.42. The van der Waals surface area contributed by atoms with Crippen LogP contribution in [0.25, 0.3) is 0 Å². The molecule has 0 aliphatic heterocycles. The van der Waals surface area contributed by atoms with Crippen LogP contribution < -0.4 is 0 Å². The van der Waals surface area contributed by atoms with Crippen LogP contribution in [0.15, 0.2) is 54.6 Å². The molecule has 2 aromatic carbocycles. The monoisotopic (exact) mass is 355 g/mol. The van der Waals surface area contributed by atoms with Crippen molar-refractivity contribution in [2.75, 3.05) is 6.61 Å². The standard InChI is InChI=1S/C20H21NO5/c1-3-26-20(23)19(21(24)25)17(15-11-9-14(2)10-12-15)13-18(22)16-7-5-4-6-8-16/h4-12,17,19H,3,13H2,1-2H3/t17-,19-/m0/s1. The van der Waals surface area contributed by atoms with Crippen molar-refractivity contribution in [2.45, 2.75) is 32.2 Å². The third-order valence-corrected chi connectivity index (χ3v) is 4.14. The lowest BCUT2D eigenvalue weighted by Crippen LogP contribution is -2.38. The van der Waals surface area contributed by atoms with Crippen LogP contribution in [-0.2, 0) is 9.53 Å². The Bertz CT molecular complexity index is 771. The van der Waals surface area contributed by atoms with Crippen molar-refractivity contribution in [3.63, 3.8) is 0 Å². The highest BCUT2D eigenvalue weighted by Crippen LogP contribution is 2.28. The Labute approximate surface area is 151 Å². The van der Waals surface area contributed by atoms with E-state index in [1.165, 1.54) is 0 Å². The number of aryl methyl sites for hydroxylation is 1. The van der Waals surface area contributed by atoms with Gasteiger partial charge in [-0.15, -0.1) is 0 Å². The predicted octanol–water partition coefficient (Wildman–Crippen LogP) is 3.56. The number of benzene rings is 2. The van der Waals surface area contributed by atoms with Crippen LogP contribution >= 0.6 is 0 Å². The van der Waals surface area contributed by atoms with E-state index in [1.807, 2.05) is 6.92 Å². The van der Waals surface area contributed by atoms with Gasteiger partial charge >= 0.3 is 12.0 Å². The third kappa shape index (κ3) is 4.75. The number of esters is 1. The van der Waals surface area contributed by atoms with Gasteiger partial charge in [0.05, 0.1) is 12.5 Å². The van der Waals surface area contributed by atoms with Gasteiger partial charge in [-0.3, -0.25) is 14.9 Å². The maximum Gasteiger partial charge on any atom is 0.382 e. The maximum absolute atomic E-state index is 12.6. The first kappa shape index (κ1) is 19.3. The molecule has 0 bridgehead atoms. The van der Waals surface area contributed by atoms with Gasteiger partial charge in [0.2, 0.25) is 0 Å². The van der Waals surface area contributed by atoms with Crippen molar-refractivity contribution < 1.29 is 19.2 Å². The number of carbonyl (C=O) groups excluding carboxylic acids is 2. The SMILES string of the molecule is CCOC(=O)[C@H]([C@@H](CC(=O)c1ccccc1)c1ccc(C)cc1)[N+](=O)[O-]. The van der Waals surface area contributed by atoms with Crippen molar-refractivity contribution in [3.8, 4) is 0 Å². The number of Topliss-reactive ketones (excluding diaryl/α,β-unsaturated/α-hetero) is 1. The number of ketones is 1. The Morgan fingerprint density at radius 2 is 1.69 bits per heavy atom. The molecule has 26 heavy (non-hydrogen) atoms. The Morgan fingerprint density at radius 3 is 2.23 bits per heavy atom. The van der Waals surface area contributed by atoms with Gasteiger partial charge in [-0.25, -0.2) is 4.79 Å². The van der Waals surface area contributed by atoms with E-state index in [9.17, 15) is 19.7 Å². The van der Waals surface area contributed by atoms with Gasteiger partial charge in [-0.05, 0) is 19.4 Å². The first-order chi connectivity index (χ1) is 12.4. The van der Waals surface area contributed by atoms with E-state index < -0.39 is 22.9 Å². The van der Waals surface area contributed by atoms with Crippen molar-refractivity contribution in [1.29, 1.82) is 0 Å². The highest BCUT2D eigenvalue weighted by atomic mass is 16.6. The molecule has 0 saturated carbocycles. The maximum atomic E-state index is 12.6. The molecule has 2 aromatic rings. The molecule has 0 radical (unpaired) electrons. The van der Waals surface area contributed by atoms with Crippen LogP contribution in [0, 0.1) is 17.0 Å². The van der Waals surface area contributed by atoms with E-state index >= 15 is 0 Å². The predicted molar refractivity (Wildman–Crippen MR) is 96.7 cm³/mol. The van der Waals surface area contributed by atoms with Crippen LogP contribution in [0.4, 0.5) is 0 Å². The lowest BCUT2D eigenvalue weighted by atomic mass is 9.85. The Hall–Kier alpha value is -3.02. The second-order valence-electron chi connectivity index (χ2n) is 5.99. The summed E-state index contributed by atoms with van der Waals surface area (Å²) in [7, 11) is 0. The number of rotatable bonds is 8. The topological polar surface area (TPSA) is 86.5 Å². The van der Waals surface area contributed by atoms with E-state index in [1.54, 1.807) is 61.5 Å². The minimum absolute atomic E-state index is 0.0381. The van der Waals surface area contributed by atoms with Gasteiger partial charge in [0, 0.05) is 16.9 Å². The number of nitrogens with zero attached hydrogens (tertiary/aromatic N) is 1. The number of carbonyl (C=O) groups is 2. The molecule has 0 amide bonds. The number of nitro groups is 1. The smallest absolute Gasteiger partial charge is 0.382 e. The Kier molecular flexibility index (Phi) is 6.60. The van der Waals surface area contributed by atoms with Crippen molar-refractivity contribution in [1.82, 2.24) is 0 Å². The van der Waals surface area contributed by atoms with Gasteiger partial charge in [0.25, 0.3) is 0 Å². The normalized spacial score (nSPS) is 12.8. The summed E-state index contributed by atoms with van der Waals surface area (Å²) in [5.41, 5.74) is 2.00. The average molecular weight is 355 g/mol. The quantitative estimate of drug-likeness (QED) is 0.313. The Morgan fingerprint density at radius 1 is 1.08 bits per heavy atom. The lowest BCUT2D eigenvalue weighted by molar-refractivity contribution is -0.514. The first-order valence-corrected chi connectivity index (χ1v) is 8.39. The molecule has 0 N–H and O–H groups in total. The molecule has 0 fully saturated rings. The summed E-state index contributed by atoms with van der Waals surface area (Å²) in [6, 6.07) is 13.9. The van der Waals surface area contributed by atoms with Crippen LogP contribution in [-0.4, -0.2) is 29.3 Å². The molecule has 136 valence electrons. The second-order valence-corrected chi connectivity index (χ2v) is 5.99. The molecule has 0 heterocycles. The zero-order valence-electron chi connectivity index (χ0n) is 14.8. The number of ether oxygens (including phenoxy) is 1. The summed E-state index contributed by atoms with van der Waals surface area (Å²) < 4.78 is 4.89. The molecule has 6 heteroatoms. The minimum atomic E-state index is -1.63.